The van der Waals surface area contributed by atoms with Gasteiger partial charge in [0.2, 0.25) is 5.91 Å². The highest BCUT2D eigenvalue weighted by molar-refractivity contribution is 5.98. The Morgan fingerprint density at radius 3 is 2.80 bits per heavy atom. The quantitative estimate of drug-likeness (QED) is 0.627. The van der Waals surface area contributed by atoms with Crippen LogP contribution in [0.1, 0.15) is 50.8 Å². The van der Waals surface area contributed by atoms with Crippen LogP contribution in [0.15, 0.2) is 18.2 Å². The summed E-state index contributed by atoms with van der Waals surface area (Å²) < 4.78 is 0. The number of benzene rings is 1. The molecule has 3 rings (SSSR count). The number of rotatable bonds is 5. The molecule has 0 spiro atoms. The lowest BCUT2D eigenvalue weighted by Crippen LogP contribution is -2.33. The van der Waals surface area contributed by atoms with Crippen molar-refractivity contribution >= 4 is 28.3 Å². The van der Waals surface area contributed by atoms with Gasteiger partial charge in [0.15, 0.2) is 0 Å². The molecule has 1 unspecified atom stereocenters. The summed E-state index contributed by atoms with van der Waals surface area (Å²) in [5.41, 5.74) is 8.37. The van der Waals surface area contributed by atoms with Crippen molar-refractivity contribution in [3.05, 3.63) is 23.8 Å². The van der Waals surface area contributed by atoms with Crippen LogP contribution in [0.5, 0.6) is 0 Å². The molecular formula is C19H28N4O2. The van der Waals surface area contributed by atoms with E-state index in [1.54, 1.807) is 4.90 Å². The number of H-pyrrole nitrogens is 1. The van der Waals surface area contributed by atoms with E-state index in [1.165, 1.54) is 6.42 Å². The number of aliphatic hydroxyl groups excluding tert-OH is 1. The van der Waals surface area contributed by atoms with Gasteiger partial charge in [-0.3, -0.25) is 10.1 Å². The zero-order chi connectivity index (χ0) is 18.0. The van der Waals surface area contributed by atoms with Gasteiger partial charge in [0.1, 0.15) is 12.0 Å². The van der Waals surface area contributed by atoms with E-state index in [4.69, 9.17) is 5.73 Å². The summed E-state index contributed by atoms with van der Waals surface area (Å²) in [5, 5.41) is 14.1. The van der Waals surface area contributed by atoms with Crippen LogP contribution in [0.2, 0.25) is 0 Å². The van der Waals surface area contributed by atoms with Crippen molar-refractivity contribution in [3.63, 3.8) is 0 Å². The van der Waals surface area contributed by atoms with Gasteiger partial charge in [-0.05, 0) is 31.5 Å². The van der Waals surface area contributed by atoms with Crippen LogP contribution in [0.25, 0.3) is 10.9 Å². The topological polar surface area (TPSA) is 94.4 Å². The van der Waals surface area contributed by atoms with Crippen LogP contribution >= 0.6 is 0 Å². The van der Waals surface area contributed by atoms with Crippen molar-refractivity contribution in [2.24, 2.45) is 5.92 Å². The number of nitrogen functional groups attached to an aromatic ring is 1. The highest BCUT2D eigenvalue weighted by atomic mass is 16.3. The molecule has 1 aromatic heterocycles. The molecule has 0 aliphatic heterocycles. The SMILES string of the molecule is CCNC(O)c1c(N)[nH]c2cc(N(C)C(=O)C3CCCCC3)ccc12. The molecule has 1 aliphatic carbocycles. The predicted octanol–water partition coefficient (Wildman–Crippen LogP) is 2.89. The Morgan fingerprint density at radius 1 is 1.40 bits per heavy atom. The van der Waals surface area contributed by atoms with Gasteiger partial charge in [0.05, 0.1) is 0 Å². The molecule has 6 heteroatoms. The van der Waals surface area contributed by atoms with Crippen molar-refractivity contribution in [3.8, 4) is 0 Å². The molecule has 2 aromatic rings. The first kappa shape index (κ1) is 17.8. The molecule has 0 saturated heterocycles. The van der Waals surface area contributed by atoms with Crippen LogP contribution in [-0.2, 0) is 4.79 Å². The van der Waals surface area contributed by atoms with E-state index >= 15 is 0 Å². The minimum atomic E-state index is -0.814. The molecule has 5 N–H and O–H groups in total. The second-order valence-corrected chi connectivity index (χ2v) is 6.87. The summed E-state index contributed by atoms with van der Waals surface area (Å²) in [4.78, 5) is 17.6. The molecule has 1 amide bonds. The van der Waals surface area contributed by atoms with E-state index in [0.29, 0.717) is 17.9 Å². The zero-order valence-corrected chi connectivity index (χ0v) is 15.0. The summed E-state index contributed by atoms with van der Waals surface area (Å²) in [6.45, 7) is 2.57. The lowest BCUT2D eigenvalue weighted by atomic mass is 9.88. The van der Waals surface area contributed by atoms with Crippen molar-refractivity contribution in [2.45, 2.75) is 45.3 Å². The first-order chi connectivity index (χ1) is 12.0. The Morgan fingerprint density at radius 2 is 2.12 bits per heavy atom. The third-order valence-electron chi connectivity index (χ3n) is 5.20. The van der Waals surface area contributed by atoms with Crippen LogP contribution in [0, 0.1) is 5.92 Å². The fraction of sp³-hybridized carbons (Fsp3) is 0.526. The first-order valence-electron chi connectivity index (χ1n) is 9.13. The lowest BCUT2D eigenvalue weighted by molar-refractivity contribution is -0.123. The maximum Gasteiger partial charge on any atom is 0.229 e. The van der Waals surface area contributed by atoms with Crippen LogP contribution in [-0.4, -0.2) is 29.6 Å². The average molecular weight is 344 g/mol. The molecule has 1 saturated carbocycles. The number of carbonyl (C=O) groups is 1. The number of nitrogens with two attached hydrogens (primary N) is 1. The predicted molar refractivity (Wildman–Crippen MR) is 101 cm³/mol. The molecule has 136 valence electrons. The van der Waals surface area contributed by atoms with Gasteiger partial charge < -0.3 is 20.7 Å². The minimum absolute atomic E-state index is 0.134. The Kier molecular flexibility index (Phi) is 5.30. The van der Waals surface area contributed by atoms with E-state index in [-0.39, 0.29) is 11.8 Å². The summed E-state index contributed by atoms with van der Waals surface area (Å²) in [6, 6.07) is 5.76. The fourth-order valence-corrected chi connectivity index (χ4v) is 3.78. The van der Waals surface area contributed by atoms with Gasteiger partial charge in [-0.15, -0.1) is 0 Å². The number of hydrogen-bond acceptors (Lipinski definition) is 4. The van der Waals surface area contributed by atoms with E-state index < -0.39 is 6.23 Å². The Bertz CT molecular complexity index is 749. The molecule has 1 aromatic carbocycles. The highest BCUT2D eigenvalue weighted by Gasteiger charge is 2.25. The second kappa shape index (κ2) is 7.45. The maximum atomic E-state index is 12.7. The second-order valence-electron chi connectivity index (χ2n) is 6.87. The van der Waals surface area contributed by atoms with Crippen LogP contribution in [0.4, 0.5) is 11.5 Å². The molecule has 1 aliphatic rings. The molecule has 25 heavy (non-hydrogen) atoms. The number of nitrogens with one attached hydrogen (secondary N) is 2. The van der Waals surface area contributed by atoms with Crippen molar-refractivity contribution in [1.29, 1.82) is 0 Å². The van der Waals surface area contributed by atoms with Crippen molar-refractivity contribution in [1.82, 2.24) is 10.3 Å². The summed E-state index contributed by atoms with van der Waals surface area (Å²) in [6.07, 6.45) is 4.67. The standard InChI is InChI=1S/C19H28N4O2/c1-3-21-18(24)16-14-10-9-13(11-15(14)22-17(16)20)23(2)19(25)12-7-5-4-6-8-12/h9-12,18,21-22,24H,3-8,20H2,1-2H3. The van der Waals surface area contributed by atoms with Gasteiger partial charge in [-0.1, -0.05) is 32.3 Å². The third kappa shape index (κ3) is 3.50. The van der Waals surface area contributed by atoms with Crippen molar-refractivity contribution in [2.75, 3.05) is 24.2 Å². The Balaban J connectivity index is 1.87. The minimum Gasteiger partial charge on any atom is -0.385 e. The highest BCUT2D eigenvalue weighted by Crippen LogP contribution is 2.32. The van der Waals surface area contributed by atoms with Gasteiger partial charge in [0.25, 0.3) is 0 Å². The average Bonchev–Trinajstić information content (AvgIpc) is 2.96. The van der Waals surface area contributed by atoms with E-state index in [2.05, 4.69) is 10.3 Å². The maximum absolute atomic E-state index is 12.7. The summed E-state index contributed by atoms with van der Waals surface area (Å²) in [7, 11) is 1.83. The summed E-state index contributed by atoms with van der Waals surface area (Å²) >= 11 is 0. The molecule has 1 atom stereocenters. The molecule has 0 radical (unpaired) electrons. The molecule has 1 fully saturated rings. The first-order valence-corrected chi connectivity index (χ1v) is 9.13. The van der Waals surface area contributed by atoms with E-state index in [9.17, 15) is 9.90 Å². The number of amides is 1. The van der Waals surface area contributed by atoms with Gasteiger partial charge in [-0.2, -0.15) is 0 Å². The van der Waals surface area contributed by atoms with Crippen LogP contribution < -0.4 is 16.0 Å². The van der Waals surface area contributed by atoms with Crippen molar-refractivity contribution < 1.29 is 9.90 Å². The van der Waals surface area contributed by atoms with E-state index in [0.717, 1.165) is 42.3 Å². The monoisotopic (exact) mass is 344 g/mol. The molecule has 1 heterocycles. The molecule has 0 bridgehead atoms. The Hall–Kier alpha value is -2.05. The fourth-order valence-electron chi connectivity index (χ4n) is 3.78. The van der Waals surface area contributed by atoms with Gasteiger partial charge in [0, 0.05) is 35.1 Å². The van der Waals surface area contributed by atoms with E-state index in [1.807, 2.05) is 32.2 Å². The smallest absolute Gasteiger partial charge is 0.229 e. The van der Waals surface area contributed by atoms with Gasteiger partial charge in [-0.25, -0.2) is 0 Å². The number of carbonyl (C=O) groups excluding carboxylic acids is 1. The zero-order valence-electron chi connectivity index (χ0n) is 15.0. The number of nitrogens with zero attached hydrogens (tertiary/aromatic N) is 1. The van der Waals surface area contributed by atoms with Gasteiger partial charge >= 0.3 is 0 Å². The van der Waals surface area contributed by atoms with Crippen LogP contribution in [0.3, 0.4) is 0 Å². The largest absolute Gasteiger partial charge is 0.385 e. The number of hydrogen-bond donors (Lipinski definition) is 4. The Labute approximate surface area is 148 Å². The number of aliphatic hydroxyl groups is 1. The third-order valence-corrected chi connectivity index (χ3v) is 5.20. The lowest BCUT2D eigenvalue weighted by Gasteiger charge is -2.26. The normalized spacial score (nSPS) is 16.9. The number of aromatic nitrogens is 1. The number of aromatic amines is 1. The number of fused-ring (bicyclic) bond motifs is 1. The molecular weight excluding hydrogens is 316 g/mol. The summed E-state index contributed by atoms with van der Waals surface area (Å²) in [5.74, 6) is 0.766. The molecule has 6 nitrogen and oxygen atoms in total. The number of anilines is 2.